The molecule has 2 aliphatic rings. The normalized spacial score (nSPS) is 18.3. The number of rotatable bonds is 12. The standard InChI is InChI=1S/C27H41N5O3S2/c1-20-18-22(31(3)26(28)34)19-21(2)23(20)11-17-37(35)32-14-12-27(13-15-32)25(33)29-24(30-27)10-8-6-5-7-9-16-36-4/h11,17-19H,5-10,12-16H2,1-4H3,(H2,28,34)(H,29,30,33)/b17-11+/t37-/m0/s1. The Balaban J connectivity index is 1.52. The predicted octanol–water partition coefficient (Wildman–Crippen LogP) is 4.52. The van der Waals surface area contributed by atoms with Crippen LogP contribution in [-0.4, -0.2) is 64.3 Å². The number of benzene rings is 1. The van der Waals surface area contributed by atoms with E-state index in [1.54, 1.807) is 12.5 Å². The van der Waals surface area contributed by atoms with Gasteiger partial charge in [-0.3, -0.25) is 14.7 Å². The first kappa shape index (κ1) is 29.5. The Hall–Kier alpha value is -2.01. The molecule has 0 unspecified atom stereocenters. The fourth-order valence-electron chi connectivity index (χ4n) is 4.89. The maximum absolute atomic E-state index is 13.0. The number of nitrogens with one attached hydrogen (secondary N) is 1. The van der Waals surface area contributed by atoms with Gasteiger partial charge in [-0.05, 0) is 86.4 Å². The zero-order chi connectivity index (χ0) is 27.0. The smallest absolute Gasteiger partial charge is 0.318 e. The van der Waals surface area contributed by atoms with Crippen LogP contribution in [0.3, 0.4) is 0 Å². The molecule has 10 heteroatoms. The van der Waals surface area contributed by atoms with E-state index in [1.165, 1.54) is 36.3 Å². The van der Waals surface area contributed by atoms with Crippen molar-refractivity contribution in [3.8, 4) is 0 Å². The molecule has 1 aromatic carbocycles. The second-order valence-corrected chi connectivity index (χ2v) is 12.3. The minimum absolute atomic E-state index is 0.00397. The van der Waals surface area contributed by atoms with Crippen LogP contribution >= 0.6 is 11.8 Å². The number of nitrogens with two attached hydrogens (primary N) is 1. The number of urea groups is 1. The average molecular weight is 548 g/mol. The van der Waals surface area contributed by atoms with Gasteiger partial charge in [0.1, 0.15) is 16.8 Å². The average Bonchev–Trinajstić information content (AvgIpc) is 3.16. The third kappa shape index (κ3) is 7.75. The van der Waals surface area contributed by atoms with E-state index in [-0.39, 0.29) is 5.91 Å². The highest BCUT2D eigenvalue weighted by atomic mass is 32.2. The van der Waals surface area contributed by atoms with Crippen LogP contribution in [0.15, 0.2) is 22.5 Å². The van der Waals surface area contributed by atoms with Crippen molar-refractivity contribution in [3.63, 3.8) is 0 Å². The molecule has 3 N–H and O–H groups in total. The van der Waals surface area contributed by atoms with Gasteiger partial charge in [0.15, 0.2) is 0 Å². The summed E-state index contributed by atoms with van der Waals surface area (Å²) >= 11 is 0.593. The predicted molar refractivity (Wildman–Crippen MR) is 156 cm³/mol. The van der Waals surface area contributed by atoms with Gasteiger partial charge in [0.25, 0.3) is 5.91 Å². The number of carbonyl (C=O) groups is 2. The van der Waals surface area contributed by atoms with Crippen molar-refractivity contribution in [1.29, 1.82) is 0 Å². The van der Waals surface area contributed by atoms with E-state index >= 15 is 0 Å². The van der Waals surface area contributed by atoms with E-state index in [0.29, 0.717) is 25.9 Å². The quantitative estimate of drug-likeness (QED) is 0.295. The number of unbranched alkanes of at least 4 members (excludes halogenated alkanes) is 4. The summed E-state index contributed by atoms with van der Waals surface area (Å²) in [5.41, 5.74) is 8.32. The molecule has 1 fully saturated rings. The van der Waals surface area contributed by atoms with E-state index in [1.807, 2.05) is 48.1 Å². The van der Waals surface area contributed by atoms with Crippen molar-refractivity contribution in [3.05, 3.63) is 34.2 Å². The van der Waals surface area contributed by atoms with Crippen molar-refractivity contribution >= 4 is 52.7 Å². The molecule has 0 aromatic heterocycles. The first-order chi connectivity index (χ1) is 17.7. The number of amidine groups is 1. The second-order valence-electron chi connectivity index (χ2n) is 9.95. The van der Waals surface area contributed by atoms with Gasteiger partial charge >= 0.3 is 6.03 Å². The molecule has 0 bridgehead atoms. The van der Waals surface area contributed by atoms with Crippen molar-refractivity contribution in [2.75, 3.05) is 37.0 Å². The molecule has 1 spiro atoms. The summed E-state index contributed by atoms with van der Waals surface area (Å²) in [6.07, 6.45) is 12.0. The monoisotopic (exact) mass is 547 g/mol. The van der Waals surface area contributed by atoms with Crippen LogP contribution in [0.5, 0.6) is 0 Å². The Morgan fingerprint density at radius 3 is 2.46 bits per heavy atom. The lowest BCUT2D eigenvalue weighted by atomic mass is 9.89. The van der Waals surface area contributed by atoms with Crippen LogP contribution in [0.2, 0.25) is 0 Å². The molecule has 0 saturated carbocycles. The Bertz CT molecular complexity index is 998. The van der Waals surface area contributed by atoms with Crippen molar-refractivity contribution < 1.29 is 14.1 Å². The molecule has 2 aliphatic heterocycles. The summed E-state index contributed by atoms with van der Waals surface area (Å²) in [5.74, 6) is 2.04. The lowest BCUT2D eigenvalue weighted by molar-refractivity contribution is -0.124. The molecular weight excluding hydrogens is 506 g/mol. The minimum Gasteiger partial charge on any atom is -0.593 e. The van der Waals surface area contributed by atoms with Crippen LogP contribution in [0.1, 0.15) is 68.1 Å². The zero-order valence-electron chi connectivity index (χ0n) is 22.5. The number of nitrogens with zero attached hydrogens (tertiary/aromatic N) is 3. The molecule has 1 atom stereocenters. The number of carbonyl (C=O) groups excluding carboxylic acids is 2. The van der Waals surface area contributed by atoms with Gasteiger partial charge in [0.05, 0.1) is 11.4 Å². The molecule has 0 aliphatic carbocycles. The van der Waals surface area contributed by atoms with Crippen LogP contribution in [0.4, 0.5) is 10.5 Å². The second kappa shape index (κ2) is 13.7. The molecule has 1 aromatic rings. The summed E-state index contributed by atoms with van der Waals surface area (Å²) in [6, 6.07) is 3.27. The Kier molecular flexibility index (Phi) is 10.9. The van der Waals surface area contributed by atoms with Crippen molar-refractivity contribution in [2.45, 2.75) is 70.8 Å². The summed E-state index contributed by atoms with van der Waals surface area (Å²) < 4.78 is 14.9. The van der Waals surface area contributed by atoms with Gasteiger partial charge in [-0.15, -0.1) is 4.31 Å². The number of anilines is 1. The highest BCUT2D eigenvalue weighted by Crippen LogP contribution is 2.32. The number of aliphatic imine (C=N–C) groups is 1. The first-order valence-corrected chi connectivity index (χ1v) is 15.6. The largest absolute Gasteiger partial charge is 0.593 e. The van der Waals surface area contributed by atoms with E-state index in [9.17, 15) is 14.1 Å². The Morgan fingerprint density at radius 1 is 1.22 bits per heavy atom. The highest BCUT2D eigenvalue weighted by Gasteiger charge is 2.47. The van der Waals surface area contributed by atoms with Gasteiger partial charge in [-0.25, -0.2) is 4.79 Å². The highest BCUT2D eigenvalue weighted by molar-refractivity contribution is 7.98. The van der Waals surface area contributed by atoms with Gasteiger partial charge in [-0.1, -0.05) is 19.3 Å². The van der Waals surface area contributed by atoms with Crippen LogP contribution in [-0.2, 0) is 16.2 Å². The maximum Gasteiger partial charge on any atom is 0.318 e. The van der Waals surface area contributed by atoms with Crippen molar-refractivity contribution in [2.24, 2.45) is 10.7 Å². The van der Waals surface area contributed by atoms with E-state index < -0.39 is 22.9 Å². The molecule has 0 radical (unpaired) electrons. The maximum atomic E-state index is 13.0. The minimum atomic E-state index is -1.31. The molecule has 37 heavy (non-hydrogen) atoms. The summed E-state index contributed by atoms with van der Waals surface area (Å²) in [4.78, 5) is 30.5. The van der Waals surface area contributed by atoms with Crippen molar-refractivity contribution in [1.82, 2.24) is 9.62 Å². The zero-order valence-corrected chi connectivity index (χ0v) is 24.2. The number of amides is 3. The third-order valence-corrected chi connectivity index (χ3v) is 9.18. The van der Waals surface area contributed by atoms with Gasteiger partial charge in [-0.2, -0.15) is 11.8 Å². The summed E-state index contributed by atoms with van der Waals surface area (Å²) in [7, 11) is 1.64. The Labute approximate surface area is 228 Å². The number of primary amides is 1. The number of thioether (sulfide) groups is 1. The van der Waals surface area contributed by atoms with Crippen LogP contribution in [0.25, 0.3) is 6.08 Å². The van der Waals surface area contributed by atoms with Gasteiger partial charge in [0, 0.05) is 32.2 Å². The molecule has 2 heterocycles. The number of hydrogen-bond donors (Lipinski definition) is 2. The molecule has 8 nitrogen and oxygen atoms in total. The first-order valence-electron chi connectivity index (χ1n) is 13.0. The number of hydrogen-bond acceptors (Lipinski definition) is 6. The van der Waals surface area contributed by atoms with E-state index in [4.69, 9.17) is 10.7 Å². The fourth-order valence-corrected chi connectivity index (χ4v) is 6.35. The number of piperidine rings is 1. The molecule has 3 amide bonds. The lowest BCUT2D eigenvalue weighted by Crippen LogP contribution is -2.50. The Morgan fingerprint density at radius 2 is 1.84 bits per heavy atom. The number of aryl methyl sites for hydroxylation is 2. The topological polar surface area (TPSA) is 114 Å². The molecule has 204 valence electrons. The van der Waals surface area contributed by atoms with Gasteiger partial charge in [0.2, 0.25) is 0 Å². The van der Waals surface area contributed by atoms with Crippen LogP contribution < -0.4 is 16.0 Å². The summed E-state index contributed by atoms with van der Waals surface area (Å²) in [5, 5.41) is 4.72. The molecular formula is C27H41N5O3S2. The SMILES string of the molecule is CSCCCCCCCC1=NC2(CCN([S@@+]([O-])/C=C/c3c(C)cc(N(C)C(N)=O)cc3C)CC2)C(=O)N1. The molecule has 3 rings (SSSR count). The van der Waals surface area contributed by atoms with E-state index in [2.05, 4.69) is 11.6 Å². The lowest BCUT2D eigenvalue weighted by Gasteiger charge is -2.34. The fraction of sp³-hybridized carbons (Fsp3) is 0.593. The summed E-state index contributed by atoms with van der Waals surface area (Å²) in [6.45, 7) is 5.02. The van der Waals surface area contributed by atoms with Crippen LogP contribution in [0, 0.1) is 13.8 Å². The van der Waals surface area contributed by atoms with Gasteiger partial charge < -0.3 is 15.6 Å². The third-order valence-electron chi connectivity index (χ3n) is 7.24. The van der Waals surface area contributed by atoms with E-state index in [0.717, 1.165) is 41.1 Å². The molecule has 1 saturated heterocycles.